The molecule has 0 spiro atoms. The number of hydrogen-bond donors (Lipinski definition) is 1. The lowest BCUT2D eigenvalue weighted by molar-refractivity contribution is -0.126. The number of carbonyl (C=O) groups excluding carboxylic acids is 1. The van der Waals surface area contributed by atoms with Crippen LogP contribution in [0.5, 0.6) is 0 Å². The maximum atomic E-state index is 12.7. The van der Waals surface area contributed by atoms with Crippen molar-refractivity contribution in [2.24, 2.45) is 5.92 Å². The first-order valence-corrected chi connectivity index (χ1v) is 10.8. The average molecular weight is 403 g/mol. The van der Waals surface area contributed by atoms with Crippen LogP contribution >= 0.6 is 11.6 Å². The molecular formula is C18H27ClN2O4S. The third kappa shape index (κ3) is 5.42. The molecule has 1 aliphatic rings. The van der Waals surface area contributed by atoms with Crippen molar-refractivity contribution in [3.63, 3.8) is 0 Å². The second-order valence-corrected chi connectivity index (χ2v) is 9.25. The van der Waals surface area contributed by atoms with Crippen molar-refractivity contribution in [2.75, 3.05) is 25.0 Å². The Morgan fingerprint density at radius 3 is 2.54 bits per heavy atom. The molecule has 1 unspecified atom stereocenters. The fourth-order valence-corrected chi connectivity index (χ4v) is 4.66. The van der Waals surface area contributed by atoms with Gasteiger partial charge in [0.15, 0.2) is 0 Å². The maximum absolute atomic E-state index is 12.7. The molecule has 1 atom stereocenters. The maximum Gasteiger partial charge on any atom is 0.253 e. The molecule has 0 aliphatic carbocycles. The van der Waals surface area contributed by atoms with Gasteiger partial charge in [0.05, 0.1) is 5.02 Å². The van der Waals surface area contributed by atoms with E-state index in [2.05, 4.69) is 19.2 Å². The Balaban J connectivity index is 2.08. The van der Waals surface area contributed by atoms with Crippen LogP contribution in [-0.4, -0.2) is 44.4 Å². The van der Waals surface area contributed by atoms with Gasteiger partial charge in [-0.2, -0.15) is 4.31 Å². The fraction of sp³-hybridized carbons (Fsp3) is 0.611. The summed E-state index contributed by atoms with van der Waals surface area (Å²) < 4.78 is 32.4. The molecule has 146 valence electrons. The van der Waals surface area contributed by atoms with E-state index in [0.717, 1.165) is 19.3 Å². The van der Waals surface area contributed by atoms with Crippen LogP contribution in [0.3, 0.4) is 0 Å². The van der Waals surface area contributed by atoms with Gasteiger partial charge in [-0.15, -0.1) is 0 Å². The van der Waals surface area contributed by atoms with Crippen LogP contribution in [0.2, 0.25) is 5.02 Å². The van der Waals surface area contributed by atoms with Crippen LogP contribution in [0.4, 0.5) is 5.69 Å². The molecule has 0 bridgehead atoms. The first-order valence-electron chi connectivity index (χ1n) is 8.94. The first-order chi connectivity index (χ1) is 12.2. The van der Waals surface area contributed by atoms with Crippen LogP contribution in [-0.2, 0) is 19.6 Å². The molecule has 1 heterocycles. The zero-order valence-corrected chi connectivity index (χ0v) is 17.1. The quantitative estimate of drug-likeness (QED) is 0.721. The molecule has 1 aliphatic heterocycles. The van der Waals surface area contributed by atoms with E-state index >= 15 is 0 Å². The number of amides is 1. The van der Waals surface area contributed by atoms with Crippen molar-refractivity contribution >= 4 is 33.2 Å². The Bertz CT molecular complexity index is 731. The molecule has 26 heavy (non-hydrogen) atoms. The minimum Gasteiger partial charge on any atom is -0.369 e. The lowest BCUT2D eigenvalue weighted by Crippen LogP contribution is -2.29. The van der Waals surface area contributed by atoms with Gasteiger partial charge in [-0.05, 0) is 50.3 Å². The van der Waals surface area contributed by atoms with Crippen molar-refractivity contribution in [2.45, 2.75) is 51.0 Å². The Kier molecular flexibility index (Phi) is 7.46. The predicted octanol–water partition coefficient (Wildman–Crippen LogP) is 3.51. The van der Waals surface area contributed by atoms with Crippen LogP contribution in [0.15, 0.2) is 23.1 Å². The minimum atomic E-state index is -3.65. The van der Waals surface area contributed by atoms with Crippen molar-refractivity contribution < 1.29 is 17.9 Å². The van der Waals surface area contributed by atoms with E-state index in [-0.39, 0.29) is 15.8 Å². The number of nitrogens with one attached hydrogen (secondary N) is 1. The topological polar surface area (TPSA) is 75.7 Å². The number of halogens is 1. The number of hydrogen-bond acceptors (Lipinski definition) is 4. The van der Waals surface area contributed by atoms with Gasteiger partial charge < -0.3 is 10.1 Å². The summed E-state index contributed by atoms with van der Waals surface area (Å²) in [4.78, 5) is 12.3. The highest BCUT2D eigenvalue weighted by molar-refractivity contribution is 7.89. The van der Waals surface area contributed by atoms with Crippen LogP contribution in [0.1, 0.15) is 40.0 Å². The third-order valence-electron chi connectivity index (χ3n) is 4.31. The zero-order chi connectivity index (χ0) is 19.3. The molecule has 8 heteroatoms. The number of rotatable bonds is 8. The summed E-state index contributed by atoms with van der Waals surface area (Å²) in [5, 5.41) is 2.85. The summed E-state index contributed by atoms with van der Waals surface area (Å²) in [6, 6.07) is 4.49. The molecule has 1 saturated heterocycles. The molecule has 1 amide bonds. The van der Waals surface area contributed by atoms with E-state index in [1.54, 1.807) is 13.0 Å². The molecule has 1 aromatic carbocycles. The highest BCUT2D eigenvalue weighted by atomic mass is 35.5. The lowest BCUT2D eigenvalue weighted by Gasteiger charge is -2.18. The van der Waals surface area contributed by atoms with E-state index in [1.165, 1.54) is 16.4 Å². The standard InChI is InChI=1S/C18H27ClN2O4S/c1-13(2)8-11-25-14(3)18(22)20-15-6-7-16(19)17(12-15)26(23,24)21-9-4-5-10-21/h6-7,12-14H,4-5,8-11H2,1-3H3,(H,20,22). The second-order valence-electron chi connectivity index (χ2n) is 6.94. The molecule has 6 nitrogen and oxygen atoms in total. The summed E-state index contributed by atoms with van der Waals surface area (Å²) >= 11 is 6.11. The molecule has 0 radical (unpaired) electrons. The minimum absolute atomic E-state index is 0.0206. The summed E-state index contributed by atoms with van der Waals surface area (Å²) in [5.41, 5.74) is 0.386. The van der Waals surface area contributed by atoms with Crippen LogP contribution in [0.25, 0.3) is 0 Å². The van der Waals surface area contributed by atoms with E-state index in [9.17, 15) is 13.2 Å². The summed E-state index contributed by atoms with van der Waals surface area (Å²) in [6.07, 6.45) is 1.94. The van der Waals surface area contributed by atoms with Crippen molar-refractivity contribution in [1.82, 2.24) is 4.31 Å². The molecular weight excluding hydrogens is 376 g/mol. The van der Waals surface area contributed by atoms with Crippen LogP contribution < -0.4 is 5.32 Å². The number of anilines is 1. The van der Waals surface area contributed by atoms with Gasteiger partial charge in [-0.1, -0.05) is 25.4 Å². The predicted molar refractivity (Wildman–Crippen MR) is 103 cm³/mol. The van der Waals surface area contributed by atoms with Gasteiger partial charge in [0.1, 0.15) is 11.0 Å². The van der Waals surface area contributed by atoms with Gasteiger partial charge in [-0.25, -0.2) is 8.42 Å². The second kappa shape index (κ2) is 9.17. The van der Waals surface area contributed by atoms with E-state index < -0.39 is 16.1 Å². The van der Waals surface area contributed by atoms with Gasteiger partial charge in [0.2, 0.25) is 10.0 Å². The summed E-state index contributed by atoms with van der Waals surface area (Å²) in [6.45, 7) is 7.34. The zero-order valence-electron chi connectivity index (χ0n) is 15.5. The van der Waals surface area contributed by atoms with E-state index in [4.69, 9.17) is 16.3 Å². The van der Waals surface area contributed by atoms with Gasteiger partial charge in [0.25, 0.3) is 5.91 Å². The third-order valence-corrected chi connectivity index (χ3v) is 6.69. The Morgan fingerprint density at radius 2 is 1.92 bits per heavy atom. The van der Waals surface area contributed by atoms with Gasteiger partial charge >= 0.3 is 0 Å². The largest absolute Gasteiger partial charge is 0.369 e. The van der Waals surface area contributed by atoms with Gasteiger partial charge in [-0.3, -0.25) is 4.79 Å². The van der Waals surface area contributed by atoms with Crippen molar-refractivity contribution in [3.05, 3.63) is 23.2 Å². The molecule has 1 aromatic rings. The molecule has 0 aromatic heterocycles. The number of ether oxygens (including phenoxy) is 1. The fourth-order valence-electron chi connectivity index (χ4n) is 2.65. The SMILES string of the molecule is CC(C)CCOC(C)C(=O)Nc1ccc(Cl)c(S(=O)(=O)N2CCCC2)c1. The van der Waals surface area contributed by atoms with E-state index in [0.29, 0.717) is 31.3 Å². The van der Waals surface area contributed by atoms with Crippen molar-refractivity contribution in [1.29, 1.82) is 0 Å². The number of benzene rings is 1. The Hall–Kier alpha value is -1.15. The number of nitrogens with zero attached hydrogens (tertiary/aromatic N) is 1. The van der Waals surface area contributed by atoms with Crippen molar-refractivity contribution in [3.8, 4) is 0 Å². The molecule has 1 fully saturated rings. The number of carbonyl (C=O) groups is 1. The monoisotopic (exact) mass is 402 g/mol. The first kappa shape index (κ1) is 21.2. The molecule has 2 rings (SSSR count). The highest BCUT2D eigenvalue weighted by Crippen LogP contribution is 2.29. The normalized spacial score (nSPS) is 16.8. The Labute approximate surface area is 160 Å². The lowest BCUT2D eigenvalue weighted by atomic mass is 10.1. The van der Waals surface area contributed by atoms with E-state index in [1.807, 2.05) is 0 Å². The highest BCUT2D eigenvalue weighted by Gasteiger charge is 2.29. The Morgan fingerprint density at radius 1 is 1.27 bits per heavy atom. The van der Waals surface area contributed by atoms with Gasteiger partial charge in [0, 0.05) is 25.4 Å². The molecule has 1 N–H and O–H groups in total. The smallest absolute Gasteiger partial charge is 0.253 e. The van der Waals surface area contributed by atoms with Crippen LogP contribution in [0, 0.1) is 5.92 Å². The summed E-state index contributed by atoms with van der Waals surface area (Å²) in [5.74, 6) is 0.181. The molecule has 0 saturated carbocycles. The summed E-state index contributed by atoms with van der Waals surface area (Å²) in [7, 11) is -3.65. The average Bonchev–Trinajstić information content (AvgIpc) is 3.11. The number of sulfonamides is 1.